The topological polar surface area (TPSA) is 76.5 Å². The number of pyridine rings is 1. The number of ketones is 2. The van der Waals surface area contributed by atoms with Crippen LogP contribution in [0, 0.1) is 0 Å². The standard InChI is InChI=1S/C19H17NO4/c1-13(21)16(11-15-7-9-20-10-8-15)17(22)5-3-14-4-6-18(23)19(12-14)24-2/h3-12,23H,1-2H3/b5-3+,16-11?. The Balaban J connectivity index is 2.25. The van der Waals surface area contributed by atoms with Crippen LogP contribution in [0.15, 0.2) is 54.4 Å². The van der Waals surface area contributed by atoms with Crippen molar-refractivity contribution in [2.24, 2.45) is 0 Å². The van der Waals surface area contributed by atoms with E-state index >= 15 is 0 Å². The lowest BCUT2D eigenvalue weighted by molar-refractivity contribution is -0.118. The van der Waals surface area contributed by atoms with Crippen molar-refractivity contribution in [1.82, 2.24) is 4.98 Å². The minimum atomic E-state index is -0.397. The van der Waals surface area contributed by atoms with E-state index in [1.807, 2.05) is 0 Å². The Kier molecular flexibility index (Phi) is 5.63. The van der Waals surface area contributed by atoms with Crippen molar-refractivity contribution >= 4 is 23.7 Å². The van der Waals surface area contributed by atoms with Crippen molar-refractivity contribution in [3.05, 3.63) is 65.5 Å². The number of methoxy groups -OCH3 is 1. The highest BCUT2D eigenvalue weighted by atomic mass is 16.5. The van der Waals surface area contributed by atoms with Gasteiger partial charge < -0.3 is 9.84 Å². The lowest BCUT2D eigenvalue weighted by atomic mass is 10.0. The molecule has 1 aromatic heterocycles. The number of phenols is 1. The Morgan fingerprint density at radius 1 is 1.12 bits per heavy atom. The van der Waals surface area contributed by atoms with Crippen LogP contribution in [-0.2, 0) is 9.59 Å². The zero-order valence-electron chi connectivity index (χ0n) is 13.4. The van der Waals surface area contributed by atoms with E-state index < -0.39 is 5.78 Å². The fourth-order valence-electron chi connectivity index (χ4n) is 2.03. The lowest BCUT2D eigenvalue weighted by Gasteiger charge is -2.04. The summed E-state index contributed by atoms with van der Waals surface area (Å²) in [5, 5.41) is 9.56. The Labute approximate surface area is 139 Å². The van der Waals surface area contributed by atoms with Gasteiger partial charge in [-0.1, -0.05) is 12.1 Å². The van der Waals surface area contributed by atoms with Crippen molar-refractivity contribution in [1.29, 1.82) is 0 Å². The summed E-state index contributed by atoms with van der Waals surface area (Å²) in [7, 11) is 1.44. The first kappa shape index (κ1) is 17.1. The van der Waals surface area contributed by atoms with Crippen LogP contribution in [0.25, 0.3) is 12.2 Å². The summed E-state index contributed by atoms with van der Waals surface area (Å²) in [6, 6.07) is 8.14. The van der Waals surface area contributed by atoms with Gasteiger partial charge in [0.2, 0.25) is 0 Å². The number of aromatic hydroxyl groups is 1. The van der Waals surface area contributed by atoms with Crippen LogP contribution < -0.4 is 4.74 Å². The van der Waals surface area contributed by atoms with E-state index in [0.29, 0.717) is 11.3 Å². The number of aromatic nitrogens is 1. The lowest BCUT2D eigenvalue weighted by Crippen LogP contribution is -2.07. The third-order valence-electron chi connectivity index (χ3n) is 3.29. The highest BCUT2D eigenvalue weighted by Crippen LogP contribution is 2.26. The van der Waals surface area contributed by atoms with Crippen LogP contribution in [-0.4, -0.2) is 28.8 Å². The zero-order chi connectivity index (χ0) is 17.5. The Bertz CT molecular complexity index is 807. The molecule has 1 heterocycles. The second-order valence-electron chi connectivity index (χ2n) is 5.02. The number of benzene rings is 1. The van der Waals surface area contributed by atoms with Crippen molar-refractivity contribution in [2.75, 3.05) is 7.11 Å². The molecule has 24 heavy (non-hydrogen) atoms. The van der Waals surface area contributed by atoms with Crippen LogP contribution in [0.5, 0.6) is 11.5 Å². The molecular weight excluding hydrogens is 306 g/mol. The normalized spacial score (nSPS) is 11.5. The SMILES string of the molecule is COc1cc(/C=C/C(=O)C(=Cc2ccncc2)C(C)=O)ccc1O. The zero-order valence-corrected chi connectivity index (χ0v) is 13.4. The number of phenolic OH excluding ortho intramolecular Hbond substituents is 1. The minimum Gasteiger partial charge on any atom is -0.504 e. The number of carbonyl (C=O) groups excluding carboxylic acids is 2. The first-order valence-corrected chi connectivity index (χ1v) is 7.23. The van der Waals surface area contributed by atoms with Gasteiger partial charge in [-0.3, -0.25) is 14.6 Å². The van der Waals surface area contributed by atoms with Crippen LogP contribution in [0.2, 0.25) is 0 Å². The molecule has 0 radical (unpaired) electrons. The van der Waals surface area contributed by atoms with Crippen LogP contribution in [0.4, 0.5) is 0 Å². The van der Waals surface area contributed by atoms with E-state index in [-0.39, 0.29) is 17.1 Å². The largest absolute Gasteiger partial charge is 0.504 e. The molecule has 1 N–H and O–H groups in total. The third-order valence-corrected chi connectivity index (χ3v) is 3.29. The van der Waals surface area contributed by atoms with Gasteiger partial charge in [-0.05, 0) is 54.5 Å². The molecule has 0 amide bonds. The van der Waals surface area contributed by atoms with E-state index in [1.54, 1.807) is 42.7 Å². The fourth-order valence-corrected chi connectivity index (χ4v) is 2.03. The molecule has 0 bridgehead atoms. The molecule has 0 aliphatic heterocycles. The molecule has 2 aromatic rings. The van der Waals surface area contributed by atoms with Gasteiger partial charge in [0, 0.05) is 12.4 Å². The van der Waals surface area contributed by atoms with Crippen LogP contribution in [0.1, 0.15) is 18.1 Å². The molecule has 0 unspecified atom stereocenters. The molecule has 122 valence electrons. The van der Waals surface area contributed by atoms with E-state index in [4.69, 9.17) is 4.74 Å². The van der Waals surface area contributed by atoms with E-state index in [9.17, 15) is 14.7 Å². The predicted molar refractivity (Wildman–Crippen MR) is 91.6 cm³/mol. The summed E-state index contributed by atoms with van der Waals surface area (Å²) in [5.41, 5.74) is 1.48. The molecule has 1 aromatic carbocycles. The number of allylic oxidation sites excluding steroid dienone is 2. The highest BCUT2D eigenvalue weighted by molar-refractivity contribution is 6.27. The first-order chi connectivity index (χ1) is 11.5. The molecule has 5 nitrogen and oxygen atoms in total. The van der Waals surface area contributed by atoms with Crippen LogP contribution in [0.3, 0.4) is 0 Å². The molecule has 0 spiro atoms. The molecular formula is C19H17NO4. The molecule has 2 rings (SSSR count). The Morgan fingerprint density at radius 2 is 1.83 bits per heavy atom. The predicted octanol–water partition coefficient (Wildman–Crippen LogP) is 3.05. The van der Waals surface area contributed by atoms with Gasteiger partial charge in [0.15, 0.2) is 23.1 Å². The fraction of sp³-hybridized carbons (Fsp3) is 0.105. The molecule has 5 heteroatoms. The molecule has 0 saturated heterocycles. The average molecular weight is 323 g/mol. The molecule has 0 aliphatic carbocycles. The second-order valence-corrected chi connectivity index (χ2v) is 5.02. The van der Waals surface area contributed by atoms with E-state index in [0.717, 1.165) is 5.56 Å². The number of nitrogens with zero attached hydrogens (tertiary/aromatic N) is 1. The number of carbonyl (C=O) groups is 2. The Hall–Kier alpha value is -3.21. The summed E-state index contributed by atoms with van der Waals surface area (Å²) in [4.78, 5) is 28.0. The molecule has 0 fully saturated rings. The van der Waals surface area contributed by atoms with E-state index in [1.165, 1.54) is 32.3 Å². The number of hydrogen-bond donors (Lipinski definition) is 1. The molecule has 0 saturated carbocycles. The van der Waals surface area contributed by atoms with Gasteiger partial charge in [-0.25, -0.2) is 0 Å². The number of ether oxygens (including phenoxy) is 1. The van der Waals surface area contributed by atoms with Crippen molar-refractivity contribution in [3.8, 4) is 11.5 Å². The second kappa shape index (κ2) is 7.87. The maximum absolute atomic E-state index is 12.3. The average Bonchev–Trinajstić information content (AvgIpc) is 2.59. The van der Waals surface area contributed by atoms with Gasteiger partial charge in [0.1, 0.15) is 0 Å². The van der Waals surface area contributed by atoms with Gasteiger partial charge >= 0.3 is 0 Å². The quantitative estimate of drug-likeness (QED) is 0.502. The van der Waals surface area contributed by atoms with E-state index in [2.05, 4.69) is 4.98 Å². The van der Waals surface area contributed by atoms with Gasteiger partial charge in [-0.2, -0.15) is 0 Å². The van der Waals surface area contributed by atoms with Crippen LogP contribution >= 0.6 is 0 Å². The maximum atomic E-state index is 12.3. The number of hydrogen-bond acceptors (Lipinski definition) is 5. The summed E-state index contributed by atoms with van der Waals surface area (Å²) in [6.07, 6.45) is 7.60. The van der Waals surface area contributed by atoms with Crippen molar-refractivity contribution < 1.29 is 19.4 Å². The van der Waals surface area contributed by atoms with Crippen molar-refractivity contribution in [2.45, 2.75) is 6.92 Å². The monoisotopic (exact) mass is 323 g/mol. The van der Waals surface area contributed by atoms with Gasteiger partial charge in [0.25, 0.3) is 0 Å². The molecule has 0 atom stereocenters. The minimum absolute atomic E-state index is 0.0167. The summed E-state index contributed by atoms with van der Waals surface area (Å²) >= 11 is 0. The highest BCUT2D eigenvalue weighted by Gasteiger charge is 2.11. The maximum Gasteiger partial charge on any atom is 0.189 e. The Morgan fingerprint density at radius 3 is 2.46 bits per heavy atom. The first-order valence-electron chi connectivity index (χ1n) is 7.23. The molecule has 0 aliphatic rings. The van der Waals surface area contributed by atoms with Crippen molar-refractivity contribution in [3.63, 3.8) is 0 Å². The van der Waals surface area contributed by atoms with Gasteiger partial charge in [-0.15, -0.1) is 0 Å². The third kappa shape index (κ3) is 4.39. The number of rotatable bonds is 6. The van der Waals surface area contributed by atoms with Gasteiger partial charge in [0.05, 0.1) is 12.7 Å². The summed E-state index contributed by atoms with van der Waals surface area (Å²) in [5.74, 6) is -0.386. The smallest absolute Gasteiger partial charge is 0.189 e. The number of Topliss-reactive ketones (excluding diaryl/α,β-unsaturated/α-hetero) is 1. The summed E-state index contributed by atoms with van der Waals surface area (Å²) < 4.78 is 5.02. The summed E-state index contributed by atoms with van der Waals surface area (Å²) in [6.45, 7) is 1.35.